The number of rotatable bonds is 4. The summed E-state index contributed by atoms with van der Waals surface area (Å²) in [7, 11) is 0. The predicted octanol–water partition coefficient (Wildman–Crippen LogP) is 1.89. The van der Waals surface area contributed by atoms with Gasteiger partial charge in [0.05, 0.1) is 0 Å². The molecule has 1 heterocycles. The van der Waals surface area contributed by atoms with Gasteiger partial charge in [0.1, 0.15) is 6.33 Å². The van der Waals surface area contributed by atoms with Crippen molar-refractivity contribution in [3.05, 3.63) is 41.7 Å². The summed E-state index contributed by atoms with van der Waals surface area (Å²) in [6, 6.07) is 7.57. The maximum Gasteiger partial charge on any atom is 0.279 e. The number of benzene rings is 1. The fourth-order valence-corrected chi connectivity index (χ4v) is 1.70. The first-order valence-electron chi connectivity index (χ1n) is 6.01. The number of unbranched alkanes of at least 4 members (excludes halogenated alkanes) is 1. The largest absolute Gasteiger partial charge is 0.366 e. The van der Waals surface area contributed by atoms with Crippen molar-refractivity contribution in [1.29, 1.82) is 0 Å². The zero-order chi connectivity index (χ0) is 13.0. The van der Waals surface area contributed by atoms with Crippen LogP contribution in [0.15, 0.2) is 30.6 Å². The van der Waals surface area contributed by atoms with Crippen molar-refractivity contribution in [2.75, 3.05) is 5.73 Å². The summed E-state index contributed by atoms with van der Waals surface area (Å²) in [5, 5.41) is 3.79. The van der Waals surface area contributed by atoms with Crippen molar-refractivity contribution in [3.8, 4) is 0 Å². The maximum atomic E-state index is 12.0. The zero-order valence-electron chi connectivity index (χ0n) is 10.3. The highest BCUT2D eigenvalue weighted by molar-refractivity contribution is 5.95. The third-order valence-electron chi connectivity index (χ3n) is 2.74. The molecule has 2 N–H and O–H groups in total. The maximum absolute atomic E-state index is 12.0. The van der Waals surface area contributed by atoms with Gasteiger partial charge >= 0.3 is 0 Å². The second-order valence-corrected chi connectivity index (χ2v) is 4.15. The van der Waals surface area contributed by atoms with Gasteiger partial charge in [0.2, 0.25) is 5.95 Å². The summed E-state index contributed by atoms with van der Waals surface area (Å²) < 4.78 is 1.15. The molecule has 18 heavy (non-hydrogen) atoms. The number of hydrogen-bond acceptors (Lipinski definition) is 4. The van der Waals surface area contributed by atoms with Crippen LogP contribution >= 0.6 is 0 Å². The minimum absolute atomic E-state index is 0.0999. The first kappa shape index (κ1) is 12.3. The lowest BCUT2D eigenvalue weighted by atomic mass is 10.1. The molecule has 0 spiro atoms. The highest BCUT2D eigenvalue weighted by Crippen LogP contribution is 2.09. The van der Waals surface area contributed by atoms with E-state index in [1.807, 2.05) is 24.3 Å². The minimum Gasteiger partial charge on any atom is -0.366 e. The molecule has 0 radical (unpaired) electrons. The second kappa shape index (κ2) is 5.44. The Hall–Kier alpha value is -2.17. The Morgan fingerprint density at radius 1 is 1.33 bits per heavy atom. The normalized spacial score (nSPS) is 10.5. The van der Waals surface area contributed by atoms with Crippen LogP contribution in [0.1, 0.15) is 35.7 Å². The molecule has 1 aromatic heterocycles. The average molecular weight is 244 g/mol. The highest BCUT2D eigenvalue weighted by atomic mass is 16.2. The molecular weight excluding hydrogens is 228 g/mol. The molecule has 0 amide bonds. The molecule has 5 nitrogen and oxygen atoms in total. The molecule has 0 unspecified atom stereocenters. The number of aromatic nitrogens is 3. The lowest BCUT2D eigenvalue weighted by Crippen LogP contribution is -2.12. The first-order valence-corrected chi connectivity index (χ1v) is 6.01. The molecular formula is C13H16N4O. The van der Waals surface area contributed by atoms with E-state index >= 15 is 0 Å². The number of nitrogens with two attached hydrogens (primary N) is 1. The molecule has 0 aliphatic rings. The molecule has 0 fully saturated rings. The molecule has 0 saturated heterocycles. The summed E-state index contributed by atoms with van der Waals surface area (Å²) in [6.07, 6.45) is 4.69. The van der Waals surface area contributed by atoms with Gasteiger partial charge in [-0.3, -0.25) is 4.79 Å². The quantitative estimate of drug-likeness (QED) is 0.891. The summed E-state index contributed by atoms with van der Waals surface area (Å²) in [4.78, 5) is 15.7. The Balaban J connectivity index is 2.12. The Labute approximate surface area is 106 Å². The van der Waals surface area contributed by atoms with E-state index in [-0.39, 0.29) is 11.9 Å². The Bertz CT molecular complexity index is 530. The van der Waals surface area contributed by atoms with E-state index in [0.717, 1.165) is 17.5 Å². The van der Waals surface area contributed by atoms with Crippen molar-refractivity contribution in [2.24, 2.45) is 0 Å². The van der Waals surface area contributed by atoms with E-state index in [0.29, 0.717) is 5.56 Å². The van der Waals surface area contributed by atoms with Crippen LogP contribution in [0.2, 0.25) is 0 Å². The van der Waals surface area contributed by atoms with Gasteiger partial charge < -0.3 is 5.73 Å². The smallest absolute Gasteiger partial charge is 0.279 e. The standard InChI is InChI=1S/C13H16N4O/c1-2-3-4-10-5-7-11(8-6-10)12(18)17-9-15-13(14)16-17/h5-9H,2-4H2,1H3,(H2,14,16). The third-order valence-corrected chi connectivity index (χ3v) is 2.74. The molecule has 0 bridgehead atoms. The zero-order valence-corrected chi connectivity index (χ0v) is 10.3. The SMILES string of the molecule is CCCCc1ccc(C(=O)n2cnc(N)n2)cc1. The van der Waals surface area contributed by atoms with Gasteiger partial charge in [-0.15, -0.1) is 5.10 Å². The Morgan fingerprint density at radius 3 is 2.61 bits per heavy atom. The van der Waals surface area contributed by atoms with Crippen molar-refractivity contribution in [2.45, 2.75) is 26.2 Å². The average Bonchev–Trinajstić information content (AvgIpc) is 2.83. The van der Waals surface area contributed by atoms with Gasteiger partial charge in [-0.1, -0.05) is 25.5 Å². The lowest BCUT2D eigenvalue weighted by molar-refractivity contribution is 0.0945. The molecule has 1 aromatic carbocycles. The van der Waals surface area contributed by atoms with Crippen LogP contribution in [-0.4, -0.2) is 20.7 Å². The molecule has 0 aliphatic heterocycles. The van der Waals surface area contributed by atoms with Crippen LogP contribution < -0.4 is 5.73 Å². The van der Waals surface area contributed by atoms with Crippen molar-refractivity contribution in [3.63, 3.8) is 0 Å². The second-order valence-electron chi connectivity index (χ2n) is 4.15. The van der Waals surface area contributed by atoms with Gasteiger partial charge in [-0.2, -0.15) is 4.68 Å². The number of aryl methyl sites for hydroxylation is 1. The summed E-state index contributed by atoms with van der Waals surface area (Å²) >= 11 is 0. The molecule has 2 aromatic rings. The lowest BCUT2D eigenvalue weighted by Gasteiger charge is -2.02. The number of anilines is 1. The van der Waals surface area contributed by atoms with Crippen molar-refractivity contribution in [1.82, 2.24) is 14.8 Å². The van der Waals surface area contributed by atoms with E-state index in [2.05, 4.69) is 17.0 Å². The van der Waals surface area contributed by atoms with Crippen LogP contribution in [0, 0.1) is 0 Å². The summed E-state index contributed by atoms with van der Waals surface area (Å²) in [5.41, 5.74) is 7.20. The molecule has 2 rings (SSSR count). The highest BCUT2D eigenvalue weighted by Gasteiger charge is 2.09. The van der Waals surface area contributed by atoms with E-state index in [1.54, 1.807) is 0 Å². The van der Waals surface area contributed by atoms with Gasteiger partial charge in [-0.05, 0) is 30.5 Å². The first-order chi connectivity index (χ1) is 8.70. The minimum atomic E-state index is -0.221. The van der Waals surface area contributed by atoms with E-state index < -0.39 is 0 Å². The summed E-state index contributed by atoms with van der Waals surface area (Å²) in [6.45, 7) is 2.16. The van der Waals surface area contributed by atoms with Crippen molar-refractivity contribution < 1.29 is 4.79 Å². The Morgan fingerprint density at radius 2 is 2.06 bits per heavy atom. The topological polar surface area (TPSA) is 73.8 Å². The van der Waals surface area contributed by atoms with Crippen LogP contribution in [-0.2, 0) is 6.42 Å². The van der Waals surface area contributed by atoms with Gasteiger partial charge in [0, 0.05) is 5.56 Å². The van der Waals surface area contributed by atoms with Crippen LogP contribution in [0.5, 0.6) is 0 Å². The number of nitrogen functional groups attached to an aromatic ring is 1. The number of nitrogens with zero attached hydrogens (tertiary/aromatic N) is 3. The van der Waals surface area contributed by atoms with E-state index in [9.17, 15) is 4.79 Å². The molecule has 0 aliphatic carbocycles. The Kier molecular flexibility index (Phi) is 3.72. The fourth-order valence-electron chi connectivity index (χ4n) is 1.70. The molecule has 5 heteroatoms. The van der Waals surface area contributed by atoms with E-state index in [1.165, 1.54) is 18.3 Å². The fraction of sp³-hybridized carbons (Fsp3) is 0.308. The van der Waals surface area contributed by atoms with Crippen LogP contribution in [0.3, 0.4) is 0 Å². The third kappa shape index (κ3) is 2.74. The molecule has 0 atom stereocenters. The predicted molar refractivity (Wildman–Crippen MR) is 69.2 cm³/mol. The monoisotopic (exact) mass is 244 g/mol. The van der Waals surface area contributed by atoms with Crippen LogP contribution in [0.25, 0.3) is 0 Å². The molecule has 0 saturated carbocycles. The van der Waals surface area contributed by atoms with Gasteiger partial charge in [0.15, 0.2) is 0 Å². The van der Waals surface area contributed by atoms with Gasteiger partial charge in [-0.25, -0.2) is 4.98 Å². The number of carbonyl (C=O) groups is 1. The van der Waals surface area contributed by atoms with Crippen LogP contribution in [0.4, 0.5) is 5.95 Å². The number of hydrogen-bond donors (Lipinski definition) is 1. The van der Waals surface area contributed by atoms with Gasteiger partial charge in [0.25, 0.3) is 5.91 Å². The van der Waals surface area contributed by atoms with Crippen molar-refractivity contribution >= 4 is 11.9 Å². The summed E-state index contributed by atoms with van der Waals surface area (Å²) in [5.74, 6) is -0.121. The van der Waals surface area contributed by atoms with E-state index in [4.69, 9.17) is 5.73 Å². The molecule has 94 valence electrons. The number of carbonyl (C=O) groups excluding carboxylic acids is 1.